The Morgan fingerprint density at radius 1 is 1.04 bits per heavy atom. The average Bonchev–Trinajstić information content (AvgIpc) is 3.11. The molecule has 120 valence electrons. The lowest BCUT2D eigenvalue weighted by Gasteiger charge is -2.47. The molecule has 3 saturated carbocycles. The first-order chi connectivity index (χ1) is 11.1. The molecule has 5 rings (SSSR count). The Kier molecular flexibility index (Phi) is 2.91. The quantitative estimate of drug-likeness (QED) is 0.767. The van der Waals surface area contributed by atoms with Crippen molar-refractivity contribution in [2.75, 3.05) is 6.54 Å². The van der Waals surface area contributed by atoms with Gasteiger partial charge in [0.2, 0.25) is 0 Å². The summed E-state index contributed by atoms with van der Waals surface area (Å²) in [7, 11) is 0. The number of nitrogens with zero attached hydrogens (tertiary/aromatic N) is 1. The van der Waals surface area contributed by atoms with Gasteiger partial charge in [0.1, 0.15) is 5.82 Å². The summed E-state index contributed by atoms with van der Waals surface area (Å²) >= 11 is 0. The van der Waals surface area contributed by atoms with E-state index in [1.807, 2.05) is 0 Å². The molecule has 0 unspecified atom stereocenters. The Labute approximate surface area is 135 Å². The van der Waals surface area contributed by atoms with E-state index in [-0.39, 0.29) is 30.1 Å². The normalized spacial score (nSPS) is 46.2. The maximum Gasteiger partial charge on any atom is 0.123 e. The van der Waals surface area contributed by atoms with Crippen LogP contribution in [0.25, 0.3) is 0 Å². The molecule has 4 fully saturated rings. The smallest absolute Gasteiger partial charge is 0.123 e. The van der Waals surface area contributed by atoms with Crippen molar-refractivity contribution in [2.45, 2.75) is 37.1 Å². The number of piperidine rings is 1. The van der Waals surface area contributed by atoms with Crippen LogP contribution in [-0.4, -0.2) is 45.9 Å². The Hall–Kier alpha value is -1.41. The van der Waals surface area contributed by atoms with Gasteiger partial charge in [0.25, 0.3) is 0 Å². The minimum absolute atomic E-state index is 0.147. The van der Waals surface area contributed by atoms with E-state index >= 15 is 0 Å². The highest BCUT2D eigenvalue weighted by Gasteiger charge is 2.69. The third-order valence-electron chi connectivity index (χ3n) is 6.76. The van der Waals surface area contributed by atoms with Crippen LogP contribution in [0.15, 0.2) is 24.3 Å². The largest absolute Gasteiger partial charge is 0.391 e. The van der Waals surface area contributed by atoms with Gasteiger partial charge in [0, 0.05) is 17.6 Å². The highest BCUT2D eigenvalue weighted by Crippen LogP contribution is 2.64. The standard InChI is InChI=1S/C19H20FNO2/c20-11-5-3-10(4-6-11)2-1-7-21-15-9-12-13-8-14(16(12)19(15)23)17(21)18(13)22/h3-6,12-19,22-23H,7-9H2/t12-,13+,14-,15-,16+,17+,18-,19+/m1/s1. The van der Waals surface area contributed by atoms with Gasteiger partial charge in [0.05, 0.1) is 18.8 Å². The molecule has 4 aliphatic rings. The molecule has 23 heavy (non-hydrogen) atoms. The Morgan fingerprint density at radius 2 is 1.83 bits per heavy atom. The Morgan fingerprint density at radius 3 is 2.61 bits per heavy atom. The maximum absolute atomic E-state index is 12.9. The summed E-state index contributed by atoms with van der Waals surface area (Å²) in [6, 6.07) is 6.49. The van der Waals surface area contributed by atoms with Crippen LogP contribution in [0, 0.1) is 41.3 Å². The lowest BCUT2D eigenvalue weighted by atomic mass is 9.75. The molecule has 1 aliphatic heterocycles. The van der Waals surface area contributed by atoms with Crippen LogP contribution in [0.1, 0.15) is 18.4 Å². The first-order valence-corrected chi connectivity index (χ1v) is 8.51. The van der Waals surface area contributed by atoms with Crippen LogP contribution in [0.2, 0.25) is 0 Å². The average molecular weight is 313 g/mol. The molecule has 3 nitrogen and oxygen atoms in total. The molecule has 0 aromatic heterocycles. The second kappa shape index (κ2) is 4.80. The van der Waals surface area contributed by atoms with Gasteiger partial charge in [-0.05, 0) is 60.8 Å². The van der Waals surface area contributed by atoms with Gasteiger partial charge in [-0.25, -0.2) is 4.39 Å². The van der Waals surface area contributed by atoms with Crippen molar-refractivity contribution in [3.63, 3.8) is 0 Å². The lowest BCUT2D eigenvalue weighted by Crippen LogP contribution is -2.60. The number of aliphatic hydroxyl groups excluding tert-OH is 2. The molecule has 4 bridgehead atoms. The molecule has 8 atom stereocenters. The summed E-state index contributed by atoms with van der Waals surface area (Å²) in [5, 5.41) is 21.2. The number of benzene rings is 1. The summed E-state index contributed by atoms with van der Waals surface area (Å²) in [5.74, 6) is 7.70. The van der Waals surface area contributed by atoms with Crippen molar-refractivity contribution in [3.8, 4) is 11.8 Å². The molecule has 1 aromatic rings. The van der Waals surface area contributed by atoms with Crippen LogP contribution < -0.4 is 0 Å². The summed E-state index contributed by atoms with van der Waals surface area (Å²) in [5.41, 5.74) is 0.794. The summed E-state index contributed by atoms with van der Waals surface area (Å²) in [6.07, 6.45) is 1.55. The number of fused-ring (bicyclic) bond motifs is 3. The fourth-order valence-corrected chi connectivity index (χ4v) is 6.01. The second-order valence-electron chi connectivity index (χ2n) is 7.56. The van der Waals surface area contributed by atoms with Crippen LogP contribution in [0.5, 0.6) is 0 Å². The molecule has 1 saturated heterocycles. The van der Waals surface area contributed by atoms with Gasteiger partial charge >= 0.3 is 0 Å². The maximum atomic E-state index is 12.9. The molecule has 2 N–H and O–H groups in total. The van der Waals surface area contributed by atoms with E-state index in [2.05, 4.69) is 16.7 Å². The number of likely N-dealkylation sites (tertiary alicyclic amines) is 1. The first-order valence-electron chi connectivity index (χ1n) is 8.51. The van der Waals surface area contributed by atoms with E-state index in [0.29, 0.717) is 30.2 Å². The van der Waals surface area contributed by atoms with E-state index in [0.717, 1.165) is 18.4 Å². The lowest BCUT2D eigenvalue weighted by molar-refractivity contribution is -0.0932. The Bertz CT molecular complexity index is 694. The van der Waals surface area contributed by atoms with Gasteiger partial charge < -0.3 is 10.2 Å². The van der Waals surface area contributed by atoms with Crippen molar-refractivity contribution in [1.29, 1.82) is 0 Å². The number of rotatable bonds is 1. The number of hydrogen-bond donors (Lipinski definition) is 2. The van der Waals surface area contributed by atoms with Gasteiger partial charge in [-0.1, -0.05) is 11.8 Å². The molecule has 1 heterocycles. The Balaban J connectivity index is 1.40. The van der Waals surface area contributed by atoms with Crippen molar-refractivity contribution < 1.29 is 14.6 Å². The van der Waals surface area contributed by atoms with E-state index in [1.165, 1.54) is 12.1 Å². The third-order valence-corrected chi connectivity index (χ3v) is 6.76. The summed E-state index contributed by atoms with van der Waals surface area (Å²) in [4.78, 5) is 2.25. The molecule has 3 aliphatic carbocycles. The predicted octanol–water partition coefficient (Wildman–Crippen LogP) is 1.24. The highest BCUT2D eigenvalue weighted by molar-refractivity contribution is 5.34. The van der Waals surface area contributed by atoms with E-state index in [9.17, 15) is 14.6 Å². The van der Waals surface area contributed by atoms with Crippen LogP contribution in [0.3, 0.4) is 0 Å². The van der Waals surface area contributed by atoms with Crippen molar-refractivity contribution in [3.05, 3.63) is 35.6 Å². The van der Waals surface area contributed by atoms with E-state index < -0.39 is 0 Å². The number of aliphatic hydroxyl groups is 2. The van der Waals surface area contributed by atoms with Gasteiger partial charge in [-0.2, -0.15) is 0 Å². The van der Waals surface area contributed by atoms with Crippen molar-refractivity contribution >= 4 is 0 Å². The first kappa shape index (κ1) is 14.0. The van der Waals surface area contributed by atoms with E-state index in [1.54, 1.807) is 12.1 Å². The van der Waals surface area contributed by atoms with Gasteiger partial charge in [0.15, 0.2) is 0 Å². The third kappa shape index (κ3) is 1.82. The molecular formula is C19H20FNO2. The minimum Gasteiger partial charge on any atom is -0.391 e. The predicted molar refractivity (Wildman–Crippen MR) is 82.8 cm³/mol. The number of hydrogen-bond acceptors (Lipinski definition) is 3. The minimum atomic E-state index is -0.258. The topological polar surface area (TPSA) is 43.7 Å². The van der Waals surface area contributed by atoms with Crippen molar-refractivity contribution in [2.24, 2.45) is 23.7 Å². The van der Waals surface area contributed by atoms with Crippen molar-refractivity contribution in [1.82, 2.24) is 4.90 Å². The SMILES string of the molecule is O[C@@H]1[C@H]2C[C@@H]3[C@H]4[C@@H](O)[C@@H](C[C@H]24)N(CC#Cc2ccc(F)cc2)[C@H]13. The van der Waals surface area contributed by atoms with Crippen LogP contribution in [0.4, 0.5) is 4.39 Å². The van der Waals surface area contributed by atoms with Gasteiger partial charge in [-0.15, -0.1) is 0 Å². The van der Waals surface area contributed by atoms with Gasteiger partial charge in [-0.3, -0.25) is 4.90 Å². The van der Waals surface area contributed by atoms with Crippen LogP contribution in [-0.2, 0) is 0 Å². The molecule has 0 radical (unpaired) electrons. The molecular weight excluding hydrogens is 293 g/mol. The van der Waals surface area contributed by atoms with Crippen LogP contribution >= 0.6 is 0 Å². The zero-order valence-electron chi connectivity index (χ0n) is 12.8. The summed E-state index contributed by atoms with van der Waals surface area (Å²) < 4.78 is 12.9. The van der Waals surface area contributed by atoms with E-state index in [4.69, 9.17) is 0 Å². The molecule has 0 spiro atoms. The number of halogens is 1. The molecule has 1 aromatic carbocycles. The summed E-state index contributed by atoms with van der Waals surface area (Å²) in [6.45, 7) is 0.559. The molecule has 4 heteroatoms. The zero-order chi connectivity index (χ0) is 15.7. The fraction of sp³-hybridized carbons (Fsp3) is 0.579. The fourth-order valence-electron chi connectivity index (χ4n) is 6.01. The second-order valence-corrected chi connectivity index (χ2v) is 7.56. The monoisotopic (exact) mass is 313 g/mol. The zero-order valence-corrected chi connectivity index (χ0v) is 12.8. The highest BCUT2D eigenvalue weighted by atomic mass is 19.1. The molecule has 0 amide bonds.